The molecule has 5 heteroatoms. The first kappa shape index (κ1) is 15.8. The van der Waals surface area contributed by atoms with Gasteiger partial charge in [-0.3, -0.25) is 9.69 Å². The molecule has 4 nitrogen and oxygen atoms in total. The van der Waals surface area contributed by atoms with E-state index in [0.717, 1.165) is 18.5 Å². The average Bonchev–Trinajstić information content (AvgIpc) is 3.17. The summed E-state index contributed by atoms with van der Waals surface area (Å²) in [6, 6.07) is 12.4. The van der Waals surface area contributed by atoms with Crippen LogP contribution in [0.2, 0.25) is 0 Å². The van der Waals surface area contributed by atoms with Crippen LogP contribution >= 0.6 is 11.3 Å². The quantitative estimate of drug-likeness (QED) is 0.701. The molecular formula is C18H21N3OS. The van der Waals surface area contributed by atoms with Crippen molar-refractivity contribution < 1.29 is 4.79 Å². The minimum Gasteiger partial charge on any atom is -0.361 e. The maximum absolute atomic E-state index is 12.0. The van der Waals surface area contributed by atoms with Gasteiger partial charge in [0.25, 0.3) is 0 Å². The van der Waals surface area contributed by atoms with Crippen molar-refractivity contribution in [3.8, 4) is 0 Å². The Bertz CT molecular complexity index is 764. The Morgan fingerprint density at radius 3 is 2.96 bits per heavy atom. The number of fused-ring (bicyclic) bond motifs is 1. The van der Waals surface area contributed by atoms with Crippen LogP contribution in [0.15, 0.2) is 48.0 Å². The summed E-state index contributed by atoms with van der Waals surface area (Å²) in [5.74, 6) is 0.0731. The first-order valence-corrected chi connectivity index (χ1v) is 8.63. The minimum absolute atomic E-state index is 0.0731. The van der Waals surface area contributed by atoms with Gasteiger partial charge in [-0.05, 0) is 36.5 Å². The predicted molar refractivity (Wildman–Crippen MR) is 95.7 cm³/mol. The molecule has 0 fully saturated rings. The maximum atomic E-state index is 12.0. The number of likely N-dealkylation sites (N-methyl/N-ethyl adjacent to an activating group) is 1. The molecule has 3 rings (SSSR count). The summed E-state index contributed by atoms with van der Waals surface area (Å²) in [5.41, 5.74) is 2.39. The van der Waals surface area contributed by atoms with Gasteiger partial charge in [0.05, 0.1) is 6.54 Å². The number of aromatic amines is 1. The van der Waals surface area contributed by atoms with Crippen LogP contribution in [0.3, 0.4) is 0 Å². The third-order valence-corrected chi connectivity index (χ3v) is 4.67. The molecule has 0 spiro atoms. The third-order valence-electron chi connectivity index (χ3n) is 3.81. The van der Waals surface area contributed by atoms with E-state index in [4.69, 9.17) is 0 Å². The average molecular weight is 327 g/mol. The Kier molecular flexibility index (Phi) is 5.10. The second-order valence-corrected chi connectivity index (χ2v) is 6.74. The molecule has 0 radical (unpaired) electrons. The molecule has 0 saturated heterocycles. The number of hydrogen-bond donors (Lipinski definition) is 2. The van der Waals surface area contributed by atoms with Gasteiger partial charge in [0, 0.05) is 35.1 Å². The fourth-order valence-electron chi connectivity index (χ4n) is 2.70. The molecule has 0 bridgehead atoms. The van der Waals surface area contributed by atoms with E-state index in [-0.39, 0.29) is 5.91 Å². The summed E-state index contributed by atoms with van der Waals surface area (Å²) >= 11 is 1.72. The Balaban J connectivity index is 1.44. The molecule has 2 aromatic heterocycles. The molecule has 0 aliphatic heterocycles. The predicted octanol–water partition coefficient (Wildman–Crippen LogP) is 3.02. The standard InChI is InChI=1S/C18H21N3OS/c1-21(12-15-5-4-10-23-15)13-18(22)19-9-8-14-11-20-17-7-3-2-6-16(14)17/h2-7,10-11,20H,8-9,12-13H2,1H3,(H,19,22). The third kappa shape index (κ3) is 4.21. The van der Waals surface area contributed by atoms with Gasteiger partial charge in [-0.2, -0.15) is 0 Å². The first-order valence-electron chi connectivity index (χ1n) is 7.75. The smallest absolute Gasteiger partial charge is 0.234 e. The maximum Gasteiger partial charge on any atom is 0.234 e. The lowest BCUT2D eigenvalue weighted by Gasteiger charge is -2.15. The van der Waals surface area contributed by atoms with Crippen LogP contribution in [0, 0.1) is 0 Å². The van der Waals surface area contributed by atoms with Crippen molar-refractivity contribution in [2.45, 2.75) is 13.0 Å². The van der Waals surface area contributed by atoms with E-state index < -0.39 is 0 Å². The van der Waals surface area contributed by atoms with Crippen LogP contribution in [0.5, 0.6) is 0 Å². The SMILES string of the molecule is CN(CC(=O)NCCc1c[nH]c2ccccc12)Cc1cccs1. The zero-order valence-corrected chi connectivity index (χ0v) is 14.0. The van der Waals surface area contributed by atoms with Gasteiger partial charge in [-0.1, -0.05) is 24.3 Å². The van der Waals surface area contributed by atoms with Crippen LogP contribution in [0.1, 0.15) is 10.4 Å². The number of nitrogens with zero attached hydrogens (tertiary/aromatic N) is 1. The highest BCUT2D eigenvalue weighted by Gasteiger charge is 2.08. The van der Waals surface area contributed by atoms with Crippen molar-refractivity contribution in [1.29, 1.82) is 0 Å². The summed E-state index contributed by atoms with van der Waals surface area (Å²) in [7, 11) is 1.97. The number of H-pyrrole nitrogens is 1. The van der Waals surface area contributed by atoms with Gasteiger partial charge >= 0.3 is 0 Å². The number of carbonyl (C=O) groups excluding carboxylic acids is 1. The Labute approximate surface area is 140 Å². The molecule has 120 valence electrons. The zero-order valence-electron chi connectivity index (χ0n) is 13.2. The number of para-hydroxylation sites is 1. The van der Waals surface area contributed by atoms with Crippen LogP contribution in [-0.4, -0.2) is 35.9 Å². The summed E-state index contributed by atoms with van der Waals surface area (Å²) in [4.78, 5) is 18.6. The van der Waals surface area contributed by atoms with Crippen LogP contribution in [-0.2, 0) is 17.8 Å². The molecule has 3 aromatic rings. The van der Waals surface area contributed by atoms with Gasteiger partial charge in [-0.25, -0.2) is 0 Å². The van der Waals surface area contributed by atoms with E-state index in [1.54, 1.807) is 11.3 Å². The van der Waals surface area contributed by atoms with Crippen molar-refractivity contribution in [3.63, 3.8) is 0 Å². The first-order chi connectivity index (χ1) is 11.2. The Morgan fingerprint density at radius 1 is 1.26 bits per heavy atom. The number of rotatable bonds is 7. The topological polar surface area (TPSA) is 48.1 Å². The largest absolute Gasteiger partial charge is 0.361 e. The number of carbonyl (C=O) groups is 1. The van der Waals surface area contributed by atoms with Crippen LogP contribution < -0.4 is 5.32 Å². The second kappa shape index (κ2) is 7.44. The van der Waals surface area contributed by atoms with E-state index in [2.05, 4.69) is 33.9 Å². The highest BCUT2D eigenvalue weighted by atomic mass is 32.1. The highest BCUT2D eigenvalue weighted by Crippen LogP contribution is 2.17. The van der Waals surface area contributed by atoms with E-state index in [9.17, 15) is 4.79 Å². The lowest BCUT2D eigenvalue weighted by atomic mass is 10.1. The van der Waals surface area contributed by atoms with Crippen LogP contribution in [0.4, 0.5) is 0 Å². The summed E-state index contributed by atoms with van der Waals surface area (Å²) in [6.07, 6.45) is 2.87. The Morgan fingerprint density at radius 2 is 2.13 bits per heavy atom. The van der Waals surface area contributed by atoms with Gasteiger partial charge < -0.3 is 10.3 Å². The summed E-state index contributed by atoms with van der Waals surface area (Å²) in [5, 5.41) is 6.30. The molecule has 0 unspecified atom stereocenters. The highest BCUT2D eigenvalue weighted by molar-refractivity contribution is 7.09. The van der Waals surface area contributed by atoms with Crippen molar-refractivity contribution in [2.75, 3.05) is 20.1 Å². The van der Waals surface area contributed by atoms with Crippen molar-refractivity contribution >= 4 is 28.1 Å². The van der Waals surface area contributed by atoms with E-state index in [1.165, 1.54) is 15.8 Å². The molecule has 0 saturated carbocycles. The lowest BCUT2D eigenvalue weighted by molar-refractivity contribution is -0.122. The van der Waals surface area contributed by atoms with E-state index in [1.807, 2.05) is 36.3 Å². The molecule has 0 aliphatic carbocycles. The van der Waals surface area contributed by atoms with Gasteiger partial charge in [-0.15, -0.1) is 11.3 Å². The molecule has 0 atom stereocenters. The number of nitrogens with one attached hydrogen (secondary N) is 2. The van der Waals surface area contributed by atoms with Gasteiger partial charge in [0.1, 0.15) is 0 Å². The number of amides is 1. The van der Waals surface area contributed by atoms with Crippen molar-refractivity contribution in [2.24, 2.45) is 0 Å². The molecule has 23 heavy (non-hydrogen) atoms. The summed E-state index contributed by atoms with van der Waals surface area (Å²) in [6.45, 7) is 1.90. The molecule has 0 aliphatic rings. The molecule has 2 N–H and O–H groups in total. The molecular weight excluding hydrogens is 306 g/mol. The Hall–Kier alpha value is -2.11. The minimum atomic E-state index is 0.0731. The number of thiophene rings is 1. The number of aromatic nitrogens is 1. The van der Waals surface area contributed by atoms with E-state index in [0.29, 0.717) is 13.1 Å². The molecule has 2 heterocycles. The van der Waals surface area contributed by atoms with Crippen LogP contribution in [0.25, 0.3) is 10.9 Å². The van der Waals surface area contributed by atoms with Gasteiger partial charge in [0.15, 0.2) is 0 Å². The second-order valence-electron chi connectivity index (χ2n) is 5.71. The lowest BCUT2D eigenvalue weighted by Crippen LogP contribution is -2.35. The molecule has 1 amide bonds. The number of benzene rings is 1. The monoisotopic (exact) mass is 327 g/mol. The van der Waals surface area contributed by atoms with Crippen molar-refractivity contribution in [1.82, 2.24) is 15.2 Å². The fourth-order valence-corrected chi connectivity index (χ4v) is 3.48. The van der Waals surface area contributed by atoms with E-state index >= 15 is 0 Å². The fraction of sp³-hybridized carbons (Fsp3) is 0.278. The number of hydrogen-bond acceptors (Lipinski definition) is 3. The zero-order chi connectivity index (χ0) is 16.1. The molecule has 1 aromatic carbocycles. The normalized spacial score (nSPS) is 11.2. The summed E-state index contributed by atoms with van der Waals surface area (Å²) < 4.78 is 0. The van der Waals surface area contributed by atoms with Gasteiger partial charge in [0.2, 0.25) is 5.91 Å². The van der Waals surface area contributed by atoms with Crippen molar-refractivity contribution in [3.05, 3.63) is 58.4 Å².